The van der Waals surface area contributed by atoms with Crippen LogP contribution in [0.1, 0.15) is 17.0 Å². The molecule has 4 rings (SSSR count). The van der Waals surface area contributed by atoms with Gasteiger partial charge in [-0.2, -0.15) is 10.1 Å². The van der Waals surface area contributed by atoms with E-state index in [9.17, 15) is 4.79 Å². The first kappa shape index (κ1) is 16.9. The Morgan fingerprint density at radius 3 is 2.52 bits per heavy atom. The van der Waals surface area contributed by atoms with Gasteiger partial charge in [0.25, 0.3) is 5.56 Å². The third-order valence-electron chi connectivity index (χ3n) is 4.45. The van der Waals surface area contributed by atoms with E-state index in [0.29, 0.717) is 11.7 Å². The zero-order valence-corrected chi connectivity index (χ0v) is 15.1. The van der Waals surface area contributed by atoms with Gasteiger partial charge >= 0.3 is 0 Å². The van der Waals surface area contributed by atoms with E-state index in [1.54, 1.807) is 6.07 Å². The van der Waals surface area contributed by atoms with Gasteiger partial charge in [-0.05, 0) is 37.1 Å². The molecule has 0 aliphatic rings. The van der Waals surface area contributed by atoms with Crippen LogP contribution in [0.4, 0.5) is 0 Å². The Morgan fingerprint density at radius 1 is 0.926 bits per heavy atom. The minimum absolute atomic E-state index is 0.122. The van der Waals surface area contributed by atoms with Crippen molar-refractivity contribution in [2.45, 2.75) is 20.4 Å². The molecule has 0 spiro atoms. The lowest BCUT2D eigenvalue weighted by Gasteiger charge is -2.07. The van der Waals surface area contributed by atoms with Crippen LogP contribution in [0.3, 0.4) is 0 Å². The molecule has 134 valence electrons. The lowest BCUT2D eigenvalue weighted by molar-refractivity contribution is 0.363. The molecule has 2 aromatic carbocycles. The zero-order valence-electron chi connectivity index (χ0n) is 15.1. The van der Waals surface area contributed by atoms with Gasteiger partial charge in [0.1, 0.15) is 6.54 Å². The Bertz CT molecular complexity index is 1150. The number of aryl methyl sites for hydroxylation is 2. The Hall–Kier alpha value is -3.54. The molecule has 0 radical (unpaired) electrons. The molecule has 0 N–H and O–H groups in total. The van der Waals surface area contributed by atoms with E-state index >= 15 is 0 Å². The predicted octanol–water partition coefficient (Wildman–Crippen LogP) is 3.63. The molecule has 6 heteroatoms. The lowest BCUT2D eigenvalue weighted by Crippen LogP contribution is -2.23. The second kappa shape index (κ2) is 6.99. The van der Waals surface area contributed by atoms with E-state index < -0.39 is 0 Å². The summed E-state index contributed by atoms with van der Waals surface area (Å²) in [5.41, 5.74) is 4.71. The first-order chi connectivity index (χ1) is 13.1. The van der Waals surface area contributed by atoms with E-state index in [-0.39, 0.29) is 12.1 Å². The number of nitrogens with zero attached hydrogens (tertiary/aromatic N) is 4. The maximum atomic E-state index is 12.2. The highest BCUT2D eigenvalue weighted by molar-refractivity contribution is 5.60. The summed E-state index contributed by atoms with van der Waals surface area (Å²) < 4.78 is 6.64. The van der Waals surface area contributed by atoms with Crippen LogP contribution in [0.15, 0.2) is 70.0 Å². The molecule has 0 atom stereocenters. The van der Waals surface area contributed by atoms with Crippen LogP contribution in [-0.4, -0.2) is 19.9 Å². The summed E-state index contributed by atoms with van der Waals surface area (Å²) in [6.45, 7) is 4.24. The standard InChI is InChI=1S/C21H18N4O2/c1-14-8-9-17(12-15(14)2)18-10-11-20(26)25(23-18)13-19-22-21(24-27-19)16-6-4-3-5-7-16/h3-12H,13H2,1-2H3. The summed E-state index contributed by atoms with van der Waals surface area (Å²) in [5, 5.41) is 8.45. The molecular formula is C21H18N4O2. The quantitative estimate of drug-likeness (QED) is 0.557. The molecule has 6 nitrogen and oxygen atoms in total. The highest BCUT2D eigenvalue weighted by Crippen LogP contribution is 2.19. The Labute approximate surface area is 156 Å². The highest BCUT2D eigenvalue weighted by Gasteiger charge is 2.11. The largest absolute Gasteiger partial charge is 0.337 e. The fraction of sp³-hybridized carbons (Fsp3) is 0.143. The average Bonchev–Trinajstić information content (AvgIpc) is 3.15. The number of benzene rings is 2. The van der Waals surface area contributed by atoms with E-state index in [4.69, 9.17) is 4.52 Å². The minimum Gasteiger partial charge on any atom is -0.337 e. The normalized spacial score (nSPS) is 10.9. The SMILES string of the molecule is Cc1ccc(-c2ccc(=O)n(Cc3nc(-c4ccccc4)no3)n2)cc1C. The fourth-order valence-corrected chi connectivity index (χ4v) is 2.77. The molecule has 4 aromatic rings. The topological polar surface area (TPSA) is 73.8 Å². The van der Waals surface area contributed by atoms with E-state index in [2.05, 4.69) is 35.2 Å². The number of hydrogen-bond donors (Lipinski definition) is 0. The first-order valence-electron chi connectivity index (χ1n) is 8.64. The van der Waals surface area contributed by atoms with Gasteiger partial charge in [0.2, 0.25) is 11.7 Å². The van der Waals surface area contributed by atoms with Gasteiger partial charge in [-0.25, -0.2) is 4.68 Å². The lowest BCUT2D eigenvalue weighted by atomic mass is 10.0. The van der Waals surface area contributed by atoms with Crippen molar-refractivity contribution in [3.05, 3.63) is 88.0 Å². The molecule has 0 unspecified atom stereocenters. The molecule has 0 aliphatic carbocycles. The van der Waals surface area contributed by atoms with Crippen LogP contribution in [0.25, 0.3) is 22.6 Å². The number of rotatable bonds is 4. The number of aromatic nitrogens is 4. The molecule has 27 heavy (non-hydrogen) atoms. The maximum absolute atomic E-state index is 12.2. The smallest absolute Gasteiger partial charge is 0.267 e. The molecule has 0 aliphatic heterocycles. The van der Waals surface area contributed by atoms with Gasteiger partial charge < -0.3 is 4.52 Å². The molecule has 2 heterocycles. The van der Waals surface area contributed by atoms with E-state index in [1.807, 2.05) is 42.5 Å². The molecular weight excluding hydrogens is 340 g/mol. The summed E-state index contributed by atoms with van der Waals surface area (Å²) in [7, 11) is 0. The van der Waals surface area contributed by atoms with E-state index in [1.165, 1.54) is 21.9 Å². The van der Waals surface area contributed by atoms with Crippen molar-refractivity contribution in [2.75, 3.05) is 0 Å². The second-order valence-corrected chi connectivity index (χ2v) is 6.39. The van der Waals surface area contributed by atoms with Crippen molar-refractivity contribution in [1.82, 2.24) is 19.9 Å². The van der Waals surface area contributed by atoms with Gasteiger partial charge in [-0.3, -0.25) is 4.79 Å². The third-order valence-corrected chi connectivity index (χ3v) is 4.45. The van der Waals surface area contributed by atoms with Gasteiger partial charge in [-0.1, -0.05) is 47.6 Å². The molecule has 2 aromatic heterocycles. The van der Waals surface area contributed by atoms with Gasteiger partial charge in [-0.15, -0.1) is 0 Å². The number of hydrogen-bond acceptors (Lipinski definition) is 5. The molecule has 0 bridgehead atoms. The molecule has 0 saturated carbocycles. The van der Waals surface area contributed by atoms with Crippen molar-refractivity contribution in [2.24, 2.45) is 0 Å². The Balaban J connectivity index is 1.64. The fourth-order valence-electron chi connectivity index (χ4n) is 2.77. The maximum Gasteiger partial charge on any atom is 0.267 e. The summed E-state index contributed by atoms with van der Waals surface area (Å²) >= 11 is 0. The van der Waals surface area contributed by atoms with Gasteiger partial charge in [0.05, 0.1) is 5.69 Å². The average molecular weight is 358 g/mol. The van der Waals surface area contributed by atoms with E-state index in [0.717, 1.165) is 16.8 Å². The third kappa shape index (κ3) is 3.55. The Morgan fingerprint density at radius 2 is 1.74 bits per heavy atom. The zero-order chi connectivity index (χ0) is 18.8. The minimum atomic E-state index is -0.220. The second-order valence-electron chi connectivity index (χ2n) is 6.39. The summed E-state index contributed by atoms with van der Waals surface area (Å²) in [6, 6.07) is 18.9. The van der Waals surface area contributed by atoms with Crippen molar-refractivity contribution in [1.29, 1.82) is 0 Å². The first-order valence-corrected chi connectivity index (χ1v) is 8.64. The highest BCUT2D eigenvalue weighted by atomic mass is 16.5. The summed E-state index contributed by atoms with van der Waals surface area (Å²) in [4.78, 5) is 16.6. The van der Waals surface area contributed by atoms with Crippen molar-refractivity contribution in [3.63, 3.8) is 0 Å². The summed E-state index contributed by atoms with van der Waals surface area (Å²) in [5.74, 6) is 0.824. The van der Waals surface area contributed by atoms with Crippen LogP contribution >= 0.6 is 0 Å². The molecule has 0 fully saturated rings. The molecule has 0 saturated heterocycles. The van der Waals surface area contributed by atoms with Crippen LogP contribution in [0.2, 0.25) is 0 Å². The molecule has 0 amide bonds. The monoisotopic (exact) mass is 358 g/mol. The van der Waals surface area contributed by atoms with Crippen molar-refractivity contribution in [3.8, 4) is 22.6 Å². The summed E-state index contributed by atoms with van der Waals surface area (Å²) in [6.07, 6.45) is 0. The van der Waals surface area contributed by atoms with Gasteiger partial charge in [0.15, 0.2) is 0 Å². The van der Waals surface area contributed by atoms with Crippen LogP contribution in [0, 0.1) is 13.8 Å². The Kier molecular flexibility index (Phi) is 4.38. The van der Waals surface area contributed by atoms with Crippen LogP contribution < -0.4 is 5.56 Å². The van der Waals surface area contributed by atoms with Crippen LogP contribution in [0.5, 0.6) is 0 Å². The van der Waals surface area contributed by atoms with Crippen LogP contribution in [-0.2, 0) is 6.54 Å². The predicted molar refractivity (Wildman–Crippen MR) is 102 cm³/mol. The van der Waals surface area contributed by atoms with Crippen molar-refractivity contribution >= 4 is 0 Å². The van der Waals surface area contributed by atoms with Gasteiger partial charge in [0, 0.05) is 17.2 Å². The van der Waals surface area contributed by atoms with Crippen molar-refractivity contribution < 1.29 is 4.52 Å².